The fourth-order valence-corrected chi connectivity index (χ4v) is 6.06. The van der Waals surface area contributed by atoms with Crippen LogP contribution in [-0.2, 0) is 25.6 Å². The van der Waals surface area contributed by atoms with Gasteiger partial charge >= 0.3 is 5.97 Å². The average Bonchev–Trinajstić information content (AvgIpc) is 3.49. The first-order valence-corrected chi connectivity index (χ1v) is 16.6. The second kappa shape index (κ2) is 19.0. The molecule has 0 saturated heterocycles. The van der Waals surface area contributed by atoms with Crippen LogP contribution in [0.15, 0.2) is 17.5 Å². The van der Waals surface area contributed by atoms with Gasteiger partial charge in [0, 0.05) is 30.3 Å². The number of carboxylic acids is 1. The summed E-state index contributed by atoms with van der Waals surface area (Å²) in [6, 6.07) is 0.632. The van der Waals surface area contributed by atoms with Crippen molar-refractivity contribution in [2.24, 2.45) is 17.6 Å². The molecule has 12 heteroatoms. The topological polar surface area (TPSA) is 183 Å². The Morgan fingerprint density at radius 3 is 2.30 bits per heavy atom. The Bertz CT molecular complexity index is 1000. The molecule has 8 N–H and O–H groups in total. The van der Waals surface area contributed by atoms with Crippen molar-refractivity contribution < 1.29 is 29.4 Å². The molecule has 6 atom stereocenters. The zero-order valence-corrected chi connectivity index (χ0v) is 27.0. The van der Waals surface area contributed by atoms with Crippen molar-refractivity contribution in [1.29, 1.82) is 0 Å². The van der Waals surface area contributed by atoms with Crippen LogP contribution in [-0.4, -0.2) is 76.8 Å². The number of amides is 3. The first-order valence-electron chi connectivity index (χ1n) is 15.7. The molecule has 1 aromatic rings. The molecule has 0 aliphatic heterocycles. The Balaban J connectivity index is 2.17. The minimum Gasteiger partial charge on any atom is -0.481 e. The highest BCUT2D eigenvalue weighted by atomic mass is 32.1. The number of thiophene rings is 1. The Labute approximate surface area is 260 Å². The van der Waals surface area contributed by atoms with E-state index in [2.05, 4.69) is 21.3 Å². The second-order valence-electron chi connectivity index (χ2n) is 12.3. The molecule has 0 radical (unpaired) electrons. The van der Waals surface area contributed by atoms with E-state index in [0.717, 1.165) is 17.7 Å². The first-order chi connectivity index (χ1) is 20.4. The number of carbonyl (C=O) groups is 4. The predicted molar refractivity (Wildman–Crippen MR) is 168 cm³/mol. The van der Waals surface area contributed by atoms with Crippen LogP contribution in [0.3, 0.4) is 0 Å². The molecule has 2 rings (SSSR count). The van der Waals surface area contributed by atoms with Crippen LogP contribution < -0.4 is 27.0 Å². The molecule has 43 heavy (non-hydrogen) atoms. The lowest BCUT2D eigenvalue weighted by Gasteiger charge is -2.31. The van der Waals surface area contributed by atoms with Crippen LogP contribution in [0, 0.1) is 11.8 Å². The van der Waals surface area contributed by atoms with Crippen molar-refractivity contribution in [2.45, 2.75) is 128 Å². The van der Waals surface area contributed by atoms with Gasteiger partial charge in [0.25, 0.3) is 0 Å². The van der Waals surface area contributed by atoms with E-state index in [1.165, 1.54) is 30.6 Å². The third kappa shape index (κ3) is 13.3. The highest BCUT2D eigenvalue weighted by Gasteiger charge is 2.33. The number of aliphatic hydroxyl groups is 1. The second-order valence-corrected chi connectivity index (χ2v) is 13.3. The smallest absolute Gasteiger partial charge is 0.303 e. The van der Waals surface area contributed by atoms with Gasteiger partial charge in [0.2, 0.25) is 17.7 Å². The standard InChI is InChI=1S/C31H53N5O6S/c1-5-20(4)28(36-29(40)23(32)13-14-27(38)39)31(42)35-25(17-22-12-9-15-43-22)30(41)34-24(16-19(2)3)26(37)18-33-21-10-7-6-8-11-21/h9,12,15,19-21,23-26,28,33,37H,5-8,10-11,13-14,16-18,32H2,1-4H3,(H,34,41)(H,35,42)(H,36,40)(H,38,39)/t20-,23-,24-,25-,26+,28-/m0/s1. The maximum atomic E-state index is 13.7. The lowest BCUT2D eigenvalue weighted by Crippen LogP contribution is -2.59. The fourth-order valence-electron chi connectivity index (χ4n) is 5.31. The van der Waals surface area contributed by atoms with Crippen LogP contribution in [0.4, 0.5) is 0 Å². The van der Waals surface area contributed by atoms with Crippen molar-refractivity contribution in [3.05, 3.63) is 22.4 Å². The summed E-state index contributed by atoms with van der Waals surface area (Å²) < 4.78 is 0. The highest BCUT2D eigenvalue weighted by molar-refractivity contribution is 7.09. The van der Waals surface area contributed by atoms with Crippen molar-refractivity contribution in [2.75, 3.05) is 6.54 Å². The predicted octanol–water partition coefficient (Wildman–Crippen LogP) is 2.31. The number of carboxylic acid groups (broad SMARTS) is 1. The van der Waals surface area contributed by atoms with Gasteiger partial charge in [-0.1, -0.05) is 59.4 Å². The summed E-state index contributed by atoms with van der Waals surface area (Å²) in [6.45, 7) is 8.14. The van der Waals surface area contributed by atoms with E-state index in [1.807, 2.05) is 45.2 Å². The molecule has 1 saturated carbocycles. The van der Waals surface area contributed by atoms with Gasteiger partial charge in [0.1, 0.15) is 12.1 Å². The molecule has 1 heterocycles. The van der Waals surface area contributed by atoms with E-state index in [9.17, 15) is 24.3 Å². The van der Waals surface area contributed by atoms with Crippen LogP contribution in [0.1, 0.15) is 90.4 Å². The number of aliphatic hydroxyl groups excluding tert-OH is 1. The Hall–Kier alpha value is -2.54. The molecule has 0 unspecified atom stereocenters. The van der Waals surface area contributed by atoms with Crippen molar-refractivity contribution in [3.63, 3.8) is 0 Å². The molecule has 0 aromatic carbocycles. The number of hydrogen-bond donors (Lipinski definition) is 7. The number of nitrogens with one attached hydrogen (secondary N) is 4. The zero-order valence-electron chi connectivity index (χ0n) is 26.1. The molecule has 3 amide bonds. The van der Waals surface area contributed by atoms with Crippen LogP contribution in [0.5, 0.6) is 0 Å². The number of carbonyl (C=O) groups excluding carboxylic acids is 3. The monoisotopic (exact) mass is 623 g/mol. The Morgan fingerprint density at radius 1 is 1.02 bits per heavy atom. The normalized spacial score (nSPS) is 18.2. The van der Waals surface area contributed by atoms with Gasteiger partial charge in [-0.2, -0.15) is 0 Å². The lowest BCUT2D eigenvalue weighted by molar-refractivity contribution is -0.137. The fraction of sp³-hybridized carbons (Fsp3) is 0.742. The summed E-state index contributed by atoms with van der Waals surface area (Å²) in [7, 11) is 0. The third-order valence-corrected chi connectivity index (χ3v) is 9.05. The Kier molecular flexibility index (Phi) is 16.2. The summed E-state index contributed by atoms with van der Waals surface area (Å²) in [4.78, 5) is 51.9. The van der Waals surface area contributed by atoms with Crippen molar-refractivity contribution in [1.82, 2.24) is 21.3 Å². The van der Waals surface area contributed by atoms with Gasteiger partial charge < -0.3 is 37.2 Å². The van der Waals surface area contributed by atoms with Crippen LogP contribution >= 0.6 is 11.3 Å². The molecule has 11 nitrogen and oxygen atoms in total. The van der Waals surface area contributed by atoms with Crippen LogP contribution in [0.2, 0.25) is 0 Å². The van der Waals surface area contributed by atoms with Gasteiger partial charge in [-0.05, 0) is 49.0 Å². The van der Waals surface area contributed by atoms with E-state index in [0.29, 0.717) is 25.4 Å². The van der Waals surface area contributed by atoms with E-state index < -0.39 is 54.0 Å². The number of rotatable bonds is 19. The molecule has 0 bridgehead atoms. The Morgan fingerprint density at radius 2 is 1.72 bits per heavy atom. The summed E-state index contributed by atoms with van der Waals surface area (Å²) >= 11 is 1.47. The van der Waals surface area contributed by atoms with E-state index in [1.54, 1.807) is 0 Å². The summed E-state index contributed by atoms with van der Waals surface area (Å²) in [6.07, 6.45) is 6.02. The average molecular weight is 624 g/mol. The highest BCUT2D eigenvalue weighted by Crippen LogP contribution is 2.18. The minimum absolute atomic E-state index is 0.0609. The molecule has 1 aliphatic carbocycles. The summed E-state index contributed by atoms with van der Waals surface area (Å²) in [5, 5.41) is 34.0. The molecule has 0 spiro atoms. The SMILES string of the molecule is CC[C@H](C)[C@H](NC(=O)[C@@H](N)CCC(=O)O)C(=O)N[C@@H](Cc1cccs1)C(=O)N[C@@H](CC(C)C)[C@H](O)CNC1CCCCC1. The molecule has 1 aromatic heterocycles. The minimum atomic E-state index is -1.08. The van der Waals surface area contributed by atoms with Gasteiger partial charge in [-0.3, -0.25) is 19.2 Å². The van der Waals surface area contributed by atoms with Gasteiger partial charge in [0.05, 0.1) is 18.2 Å². The maximum Gasteiger partial charge on any atom is 0.303 e. The third-order valence-electron chi connectivity index (χ3n) is 8.16. The number of nitrogens with two attached hydrogens (primary N) is 1. The maximum absolute atomic E-state index is 13.7. The van der Waals surface area contributed by atoms with E-state index in [-0.39, 0.29) is 31.1 Å². The summed E-state index contributed by atoms with van der Waals surface area (Å²) in [5.41, 5.74) is 5.89. The number of aliphatic carboxylic acids is 1. The molecular weight excluding hydrogens is 570 g/mol. The van der Waals surface area contributed by atoms with E-state index in [4.69, 9.17) is 10.8 Å². The van der Waals surface area contributed by atoms with E-state index >= 15 is 0 Å². The molecule has 1 fully saturated rings. The molecular formula is C31H53N5O6S. The summed E-state index contributed by atoms with van der Waals surface area (Å²) in [5.74, 6) is -2.67. The quantitative estimate of drug-likeness (QED) is 0.122. The van der Waals surface area contributed by atoms with Gasteiger partial charge in [0.15, 0.2) is 0 Å². The lowest BCUT2D eigenvalue weighted by atomic mass is 9.94. The van der Waals surface area contributed by atoms with Crippen molar-refractivity contribution in [3.8, 4) is 0 Å². The van der Waals surface area contributed by atoms with Crippen LogP contribution in [0.25, 0.3) is 0 Å². The van der Waals surface area contributed by atoms with Gasteiger partial charge in [-0.15, -0.1) is 11.3 Å². The zero-order chi connectivity index (χ0) is 31.9. The number of hydrogen-bond acceptors (Lipinski definition) is 8. The van der Waals surface area contributed by atoms with Gasteiger partial charge in [-0.25, -0.2) is 0 Å². The van der Waals surface area contributed by atoms with Crippen molar-refractivity contribution >= 4 is 35.0 Å². The molecule has 244 valence electrons. The largest absolute Gasteiger partial charge is 0.481 e. The first kappa shape index (κ1) is 36.7. The molecule has 1 aliphatic rings.